The van der Waals surface area contributed by atoms with E-state index in [1.165, 1.54) is 0 Å². The highest BCUT2D eigenvalue weighted by Crippen LogP contribution is 2.20. The first-order chi connectivity index (χ1) is 7.29. The lowest BCUT2D eigenvalue weighted by molar-refractivity contribution is 0.316. The van der Waals surface area contributed by atoms with Gasteiger partial charge in [-0.25, -0.2) is 0 Å². The summed E-state index contributed by atoms with van der Waals surface area (Å²) < 4.78 is 0. The number of benzene rings is 1. The molecule has 0 aromatic heterocycles. The lowest BCUT2D eigenvalue weighted by Crippen LogP contribution is -2.24. The average Bonchev–Trinajstić information content (AvgIpc) is 2.30. The Kier molecular flexibility index (Phi) is 5.04. The largest absolute Gasteiger partial charge is 0.409 e. The van der Waals surface area contributed by atoms with Gasteiger partial charge in [0, 0.05) is 5.75 Å². The Morgan fingerprint density at radius 2 is 2.13 bits per heavy atom. The second-order valence-electron chi connectivity index (χ2n) is 3.15. The molecule has 1 aromatic rings. The molecule has 0 fully saturated rings. The minimum absolute atomic E-state index is 0.00106. The van der Waals surface area contributed by atoms with Crippen LogP contribution < -0.4 is 5.73 Å². The van der Waals surface area contributed by atoms with Gasteiger partial charge in [0.25, 0.3) is 0 Å². The summed E-state index contributed by atoms with van der Waals surface area (Å²) in [6.07, 6.45) is 0. The standard InChI is InChI=1S/C11H16N2OS/c1-2-15-8-10(11(12)13-14)9-6-4-3-5-7-9/h3-7,10,14H,2,8H2,1H3,(H2,12,13). The second-order valence-corrected chi connectivity index (χ2v) is 4.47. The van der Waals surface area contributed by atoms with Gasteiger partial charge in [-0.3, -0.25) is 0 Å². The maximum Gasteiger partial charge on any atom is 0.147 e. The number of hydrogen-bond acceptors (Lipinski definition) is 3. The van der Waals surface area contributed by atoms with Crippen LogP contribution in [0.5, 0.6) is 0 Å². The summed E-state index contributed by atoms with van der Waals surface area (Å²) in [5, 5.41) is 11.8. The Morgan fingerprint density at radius 1 is 1.47 bits per heavy atom. The smallest absolute Gasteiger partial charge is 0.147 e. The topological polar surface area (TPSA) is 58.6 Å². The molecule has 3 N–H and O–H groups in total. The molecular weight excluding hydrogens is 208 g/mol. The van der Waals surface area contributed by atoms with E-state index in [0.29, 0.717) is 0 Å². The zero-order valence-electron chi connectivity index (χ0n) is 8.76. The van der Waals surface area contributed by atoms with Crippen LogP contribution in [0.4, 0.5) is 0 Å². The average molecular weight is 224 g/mol. The molecule has 1 aromatic carbocycles. The van der Waals surface area contributed by atoms with E-state index in [-0.39, 0.29) is 11.8 Å². The van der Waals surface area contributed by atoms with E-state index in [1.54, 1.807) is 11.8 Å². The summed E-state index contributed by atoms with van der Waals surface area (Å²) in [5.74, 6) is 2.15. The minimum atomic E-state index is 0.00106. The molecule has 82 valence electrons. The predicted octanol–water partition coefficient (Wildman–Crippen LogP) is 2.27. The first kappa shape index (κ1) is 11.9. The van der Waals surface area contributed by atoms with Crippen molar-refractivity contribution in [3.05, 3.63) is 35.9 Å². The van der Waals surface area contributed by atoms with E-state index < -0.39 is 0 Å². The van der Waals surface area contributed by atoms with Crippen molar-refractivity contribution in [2.24, 2.45) is 10.9 Å². The molecule has 0 aliphatic rings. The van der Waals surface area contributed by atoms with Crippen molar-refractivity contribution in [1.29, 1.82) is 0 Å². The summed E-state index contributed by atoms with van der Waals surface area (Å²) in [7, 11) is 0. The lowest BCUT2D eigenvalue weighted by Gasteiger charge is -2.14. The van der Waals surface area contributed by atoms with Crippen LogP contribution in [-0.4, -0.2) is 22.5 Å². The van der Waals surface area contributed by atoms with Gasteiger partial charge in [0.2, 0.25) is 0 Å². The molecule has 0 aliphatic heterocycles. The number of nitrogens with zero attached hydrogens (tertiary/aromatic N) is 1. The number of amidine groups is 1. The van der Waals surface area contributed by atoms with Crippen molar-refractivity contribution in [2.45, 2.75) is 12.8 Å². The summed E-state index contributed by atoms with van der Waals surface area (Å²) >= 11 is 1.78. The molecule has 1 atom stereocenters. The Bertz CT molecular complexity index is 314. The van der Waals surface area contributed by atoms with Crippen LogP contribution in [0.2, 0.25) is 0 Å². The van der Waals surface area contributed by atoms with E-state index in [9.17, 15) is 0 Å². The summed E-state index contributed by atoms with van der Waals surface area (Å²) in [6.45, 7) is 2.10. The molecule has 4 heteroatoms. The number of nitrogens with two attached hydrogens (primary N) is 1. The van der Waals surface area contributed by atoms with Crippen molar-refractivity contribution in [2.75, 3.05) is 11.5 Å². The van der Waals surface area contributed by atoms with Gasteiger partial charge in [-0.15, -0.1) is 0 Å². The van der Waals surface area contributed by atoms with Crippen LogP contribution in [0.15, 0.2) is 35.5 Å². The molecule has 0 saturated carbocycles. The maximum atomic E-state index is 8.72. The zero-order valence-corrected chi connectivity index (χ0v) is 9.57. The van der Waals surface area contributed by atoms with Gasteiger partial charge in [0.15, 0.2) is 0 Å². The van der Waals surface area contributed by atoms with Crippen LogP contribution in [0.1, 0.15) is 18.4 Å². The highest BCUT2D eigenvalue weighted by atomic mass is 32.2. The van der Waals surface area contributed by atoms with E-state index in [1.807, 2.05) is 30.3 Å². The van der Waals surface area contributed by atoms with Crippen molar-refractivity contribution in [3.8, 4) is 0 Å². The fraction of sp³-hybridized carbons (Fsp3) is 0.364. The van der Waals surface area contributed by atoms with Gasteiger partial charge < -0.3 is 10.9 Å². The molecule has 1 rings (SSSR count). The predicted molar refractivity (Wildman–Crippen MR) is 65.6 cm³/mol. The molecule has 0 amide bonds. The molecular formula is C11H16N2OS. The van der Waals surface area contributed by atoms with Gasteiger partial charge in [0.1, 0.15) is 5.84 Å². The molecule has 0 radical (unpaired) electrons. The second kappa shape index (κ2) is 6.35. The van der Waals surface area contributed by atoms with Crippen LogP contribution in [0, 0.1) is 0 Å². The molecule has 0 saturated heterocycles. The van der Waals surface area contributed by atoms with Crippen LogP contribution >= 0.6 is 11.8 Å². The van der Waals surface area contributed by atoms with Gasteiger partial charge in [0.05, 0.1) is 5.92 Å². The molecule has 0 spiro atoms. The molecule has 0 heterocycles. The van der Waals surface area contributed by atoms with Crippen molar-refractivity contribution < 1.29 is 5.21 Å². The number of thioether (sulfide) groups is 1. The number of oxime groups is 1. The van der Waals surface area contributed by atoms with E-state index in [2.05, 4.69) is 12.1 Å². The number of rotatable bonds is 5. The lowest BCUT2D eigenvalue weighted by atomic mass is 10.0. The molecule has 0 bridgehead atoms. The Hall–Kier alpha value is -1.16. The highest BCUT2D eigenvalue weighted by Gasteiger charge is 2.15. The quantitative estimate of drug-likeness (QED) is 0.349. The molecule has 1 unspecified atom stereocenters. The van der Waals surface area contributed by atoms with Crippen LogP contribution in [0.25, 0.3) is 0 Å². The Morgan fingerprint density at radius 3 is 2.67 bits per heavy atom. The number of hydrogen-bond donors (Lipinski definition) is 2. The van der Waals surface area contributed by atoms with E-state index in [4.69, 9.17) is 10.9 Å². The normalized spacial score (nSPS) is 13.8. The molecule has 0 aliphatic carbocycles. The fourth-order valence-corrected chi connectivity index (χ4v) is 2.18. The SMILES string of the molecule is CCSCC(C(N)=NO)c1ccccc1. The summed E-state index contributed by atoms with van der Waals surface area (Å²) in [6, 6.07) is 9.88. The minimum Gasteiger partial charge on any atom is -0.409 e. The highest BCUT2D eigenvalue weighted by molar-refractivity contribution is 7.99. The van der Waals surface area contributed by atoms with E-state index >= 15 is 0 Å². The maximum absolute atomic E-state index is 8.72. The van der Waals surface area contributed by atoms with Gasteiger partial charge in [-0.2, -0.15) is 11.8 Å². The van der Waals surface area contributed by atoms with Crippen LogP contribution in [-0.2, 0) is 0 Å². The Balaban J connectivity index is 2.81. The monoisotopic (exact) mass is 224 g/mol. The first-order valence-electron chi connectivity index (χ1n) is 4.89. The summed E-state index contributed by atoms with van der Waals surface area (Å²) in [4.78, 5) is 0. The van der Waals surface area contributed by atoms with Gasteiger partial charge in [-0.1, -0.05) is 42.4 Å². The van der Waals surface area contributed by atoms with Gasteiger partial charge >= 0.3 is 0 Å². The van der Waals surface area contributed by atoms with Crippen LogP contribution in [0.3, 0.4) is 0 Å². The zero-order chi connectivity index (χ0) is 11.1. The van der Waals surface area contributed by atoms with Crippen molar-refractivity contribution in [1.82, 2.24) is 0 Å². The first-order valence-corrected chi connectivity index (χ1v) is 6.05. The third-order valence-corrected chi connectivity index (χ3v) is 3.14. The third-order valence-electron chi connectivity index (χ3n) is 2.16. The fourth-order valence-electron chi connectivity index (χ4n) is 1.34. The third kappa shape index (κ3) is 3.47. The molecule has 15 heavy (non-hydrogen) atoms. The van der Waals surface area contributed by atoms with Crippen molar-refractivity contribution in [3.63, 3.8) is 0 Å². The van der Waals surface area contributed by atoms with E-state index in [0.717, 1.165) is 17.1 Å². The summed E-state index contributed by atoms with van der Waals surface area (Å²) in [5.41, 5.74) is 6.77. The van der Waals surface area contributed by atoms with Crippen molar-refractivity contribution >= 4 is 17.6 Å². The molecule has 3 nitrogen and oxygen atoms in total. The Labute approximate surface area is 94.4 Å². The van der Waals surface area contributed by atoms with Gasteiger partial charge in [-0.05, 0) is 11.3 Å².